The van der Waals surface area contributed by atoms with E-state index in [1.54, 1.807) is 10.9 Å². The highest BCUT2D eigenvalue weighted by Gasteiger charge is 2.31. The number of alkyl halides is 3. The molecule has 29 heavy (non-hydrogen) atoms. The van der Waals surface area contributed by atoms with Crippen molar-refractivity contribution in [3.8, 4) is 5.75 Å². The van der Waals surface area contributed by atoms with Crippen molar-refractivity contribution in [3.63, 3.8) is 0 Å². The third-order valence-electron chi connectivity index (χ3n) is 3.66. The quantitative estimate of drug-likeness (QED) is 0.557. The van der Waals surface area contributed by atoms with E-state index in [2.05, 4.69) is 19.9 Å². The summed E-state index contributed by atoms with van der Waals surface area (Å²) < 4.78 is 68.3. The fourth-order valence-electron chi connectivity index (χ4n) is 2.35. The molecule has 0 radical (unpaired) electrons. The van der Waals surface area contributed by atoms with Crippen LogP contribution in [0.1, 0.15) is 18.4 Å². The monoisotopic (exact) mass is 434 g/mol. The third kappa shape index (κ3) is 8.11. The molecule has 1 heterocycles. The molecule has 1 aromatic carbocycles. The van der Waals surface area contributed by atoms with E-state index in [0.29, 0.717) is 19.5 Å². The molecule has 0 aliphatic carbocycles. The smallest absolute Gasteiger partial charge is 0.406 e. The van der Waals surface area contributed by atoms with E-state index in [0.717, 1.165) is 29.8 Å². The first-order chi connectivity index (χ1) is 13.5. The highest BCUT2D eigenvalue weighted by molar-refractivity contribution is 7.89. The molecule has 8 nitrogen and oxygen atoms in total. The van der Waals surface area contributed by atoms with Crippen LogP contribution >= 0.6 is 0 Å². The average molecular weight is 434 g/mol. The van der Waals surface area contributed by atoms with E-state index in [9.17, 15) is 26.4 Å². The maximum atomic E-state index is 12.1. The number of hydrogen-bond donors (Lipinski definition) is 2. The third-order valence-corrected chi connectivity index (χ3v) is 5.14. The van der Waals surface area contributed by atoms with E-state index in [-0.39, 0.29) is 23.8 Å². The zero-order valence-corrected chi connectivity index (χ0v) is 16.4. The van der Waals surface area contributed by atoms with E-state index in [1.165, 1.54) is 0 Å². The first-order valence-corrected chi connectivity index (χ1v) is 10.1. The molecule has 2 N–H and O–H groups in total. The minimum Gasteiger partial charge on any atom is -0.406 e. The Kier molecular flexibility index (Phi) is 7.62. The Hall–Kier alpha value is -2.60. The van der Waals surface area contributed by atoms with Gasteiger partial charge in [-0.05, 0) is 43.2 Å². The second kappa shape index (κ2) is 9.74. The summed E-state index contributed by atoms with van der Waals surface area (Å²) in [5.41, 5.74) is 1.05. The number of ether oxygens (including phenoxy) is 1. The fourth-order valence-corrected chi connectivity index (χ4v) is 3.38. The molecule has 1 amide bonds. The lowest BCUT2D eigenvalue weighted by molar-refractivity contribution is -0.274. The van der Waals surface area contributed by atoms with E-state index in [1.807, 2.05) is 13.1 Å². The maximum Gasteiger partial charge on any atom is 0.573 e. The fraction of sp³-hybridized carbons (Fsp3) is 0.412. The molecule has 0 spiro atoms. The number of sulfonamides is 1. The zero-order valence-electron chi connectivity index (χ0n) is 15.6. The predicted octanol–water partition coefficient (Wildman–Crippen LogP) is 1.97. The second-order valence-corrected chi connectivity index (χ2v) is 7.92. The van der Waals surface area contributed by atoms with Gasteiger partial charge in [0.25, 0.3) is 0 Å². The first-order valence-electron chi connectivity index (χ1n) is 8.66. The zero-order chi connectivity index (χ0) is 21.5. The van der Waals surface area contributed by atoms with Crippen molar-refractivity contribution in [2.45, 2.75) is 37.6 Å². The highest BCUT2D eigenvalue weighted by atomic mass is 32.2. The minimum atomic E-state index is -4.86. The van der Waals surface area contributed by atoms with E-state index >= 15 is 0 Å². The second-order valence-electron chi connectivity index (χ2n) is 6.15. The molecule has 0 fully saturated rings. The van der Waals surface area contributed by atoms with Crippen molar-refractivity contribution in [3.05, 3.63) is 42.2 Å². The van der Waals surface area contributed by atoms with E-state index < -0.39 is 22.1 Å². The van der Waals surface area contributed by atoms with Crippen LogP contribution in [0.4, 0.5) is 13.2 Å². The van der Waals surface area contributed by atoms with Crippen LogP contribution in [-0.2, 0) is 21.4 Å². The van der Waals surface area contributed by atoms with Crippen LogP contribution in [-0.4, -0.2) is 43.6 Å². The molecule has 2 rings (SSSR count). The van der Waals surface area contributed by atoms with Crippen LogP contribution in [0.3, 0.4) is 0 Å². The molecule has 12 heteroatoms. The number of halogens is 3. The summed E-state index contributed by atoms with van der Waals surface area (Å²) >= 11 is 0. The summed E-state index contributed by atoms with van der Waals surface area (Å²) in [4.78, 5) is 11.5. The van der Waals surface area contributed by atoms with Crippen molar-refractivity contribution in [2.24, 2.45) is 0 Å². The van der Waals surface area contributed by atoms with Gasteiger partial charge in [0.05, 0.1) is 11.1 Å². The van der Waals surface area contributed by atoms with Gasteiger partial charge in [-0.1, -0.05) is 0 Å². The molecule has 0 atom stereocenters. The lowest BCUT2D eigenvalue weighted by Crippen LogP contribution is -2.31. The minimum absolute atomic E-state index is 0.0740. The number of carbonyl (C=O) groups is 1. The Labute approximate surface area is 166 Å². The number of carbonyl (C=O) groups excluding carboxylic acids is 1. The van der Waals surface area contributed by atoms with Crippen molar-refractivity contribution in [1.29, 1.82) is 0 Å². The van der Waals surface area contributed by atoms with E-state index in [4.69, 9.17) is 0 Å². The summed E-state index contributed by atoms with van der Waals surface area (Å²) in [6.45, 7) is 2.85. The van der Waals surface area contributed by atoms with Gasteiger partial charge in [0.15, 0.2) is 0 Å². The number of benzene rings is 1. The van der Waals surface area contributed by atoms with Crippen molar-refractivity contribution < 1.29 is 31.1 Å². The SMILES string of the molecule is Cc1cnn(CCCNC(=O)CCNS(=O)(=O)c2ccc(OC(F)(F)F)cc2)c1. The molecule has 0 saturated carbocycles. The van der Waals surface area contributed by atoms with Gasteiger partial charge in [-0.15, -0.1) is 13.2 Å². The Morgan fingerprint density at radius 1 is 1.21 bits per heavy atom. The Morgan fingerprint density at radius 3 is 2.48 bits per heavy atom. The molecule has 2 aromatic rings. The molecule has 0 bridgehead atoms. The number of rotatable bonds is 10. The van der Waals surface area contributed by atoms with Gasteiger partial charge in [-0.3, -0.25) is 9.48 Å². The number of nitrogens with zero attached hydrogens (tertiary/aromatic N) is 2. The average Bonchev–Trinajstić information content (AvgIpc) is 3.03. The standard InChI is InChI=1S/C17H21F3N4O4S/c1-13-11-22-24(12-13)10-2-8-21-16(25)7-9-23-29(26,27)15-5-3-14(4-6-15)28-17(18,19)20/h3-6,11-12,23H,2,7-10H2,1H3,(H,21,25). The van der Waals surface area contributed by atoms with Gasteiger partial charge in [0.2, 0.25) is 15.9 Å². The van der Waals surface area contributed by atoms with Crippen molar-refractivity contribution in [2.75, 3.05) is 13.1 Å². The summed E-state index contributed by atoms with van der Waals surface area (Å²) in [5.74, 6) is -0.848. The molecule has 0 aliphatic heterocycles. The Bertz CT molecular complexity index is 912. The number of amides is 1. The number of aromatic nitrogens is 2. The van der Waals surface area contributed by atoms with Gasteiger partial charge in [0.1, 0.15) is 5.75 Å². The molecule has 0 saturated heterocycles. The van der Waals surface area contributed by atoms with Crippen LogP contribution in [0.15, 0.2) is 41.6 Å². The largest absolute Gasteiger partial charge is 0.573 e. The van der Waals surface area contributed by atoms with Gasteiger partial charge < -0.3 is 10.1 Å². The van der Waals surface area contributed by atoms with Gasteiger partial charge in [0, 0.05) is 32.3 Å². The summed E-state index contributed by atoms with van der Waals surface area (Å²) in [6.07, 6.45) is -0.635. The lowest BCUT2D eigenvalue weighted by atomic mass is 10.3. The molecule has 0 unspecified atom stereocenters. The van der Waals surface area contributed by atoms with Gasteiger partial charge in [-0.25, -0.2) is 13.1 Å². The lowest BCUT2D eigenvalue weighted by Gasteiger charge is -2.10. The number of aryl methyl sites for hydroxylation is 2. The number of hydrogen-bond acceptors (Lipinski definition) is 5. The van der Waals surface area contributed by atoms with Gasteiger partial charge in [-0.2, -0.15) is 5.10 Å². The summed E-state index contributed by atoms with van der Waals surface area (Å²) in [6, 6.07) is 3.77. The van der Waals surface area contributed by atoms with Crippen LogP contribution in [0, 0.1) is 6.92 Å². The predicted molar refractivity (Wildman–Crippen MR) is 97.5 cm³/mol. The van der Waals surface area contributed by atoms with Crippen LogP contribution in [0.2, 0.25) is 0 Å². The number of nitrogens with one attached hydrogen (secondary N) is 2. The molecular formula is C17H21F3N4O4S. The Balaban J connectivity index is 1.70. The molecule has 160 valence electrons. The summed E-state index contributed by atoms with van der Waals surface area (Å²) in [5, 5.41) is 6.80. The summed E-state index contributed by atoms with van der Waals surface area (Å²) in [7, 11) is -3.95. The topological polar surface area (TPSA) is 102 Å². The highest BCUT2D eigenvalue weighted by Crippen LogP contribution is 2.23. The van der Waals surface area contributed by atoms with Crippen molar-refractivity contribution in [1.82, 2.24) is 19.8 Å². The van der Waals surface area contributed by atoms with Crippen LogP contribution < -0.4 is 14.8 Å². The van der Waals surface area contributed by atoms with Gasteiger partial charge >= 0.3 is 6.36 Å². The normalized spacial score (nSPS) is 12.0. The molecular weight excluding hydrogens is 413 g/mol. The van der Waals surface area contributed by atoms with Crippen LogP contribution in [0.5, 0.6) is 5.75 Å². The molecule has 0 aliphatic rings. The molecule has 1 aromatic heterocycles. The Morgan fingerprint density at radius 2 is 1.90 bits per heavy atom. The van der Waals surface area contributed by atoms with Crippen LogP contribution in [0.25, 0.3) is 0 Å². The van der Waals surface area contributed by atoms with Crippen molar-refractivity contribution >= 4 is 15.9 Å². The maximum absolute atomic E-state index is 12.1. The first kappa shape index (κ1) is 22.7.